The molecule has 3 aromatic heterocycles. The Morgan fingerprint density at radius 2 is 1.08 bits per heavy atom. The third-order valence-corrected chi connectivity index (χ3v) is 11.5. The van der Waals surface area contributed by atoms with Gasteiger partial charge in [0, 0.05) is 42.1 Å². The highest BCUT2D eigenvalue weighted by Crippen LogP contribution is 2.42. The Labute approximate surface area is 303 Å². The summed E-state index contributed by atoms with van der Waals surface area (Å²) in [6.07, 6.45) is 0. The molecule has 11 aromatic rings. The molecule has 0 aliphatic heterocycles. The number of hydrogen-bond donors (Lipinski definition) is 0. The maximum absolute atomic E-state index is 6.78. The van der Waals surface area contributed by atoms with E-state index in [-0.39, 0.29) is 0 Å². The van der Waals surface area contributed by atoms with Crippen molar-refractivity contribution >= 4 is 75.1 Å². The minimum atomic E-state index is 0.674. The molecule has 0 aliphatic rings. The normalized spacial score (nSPS) is 11.8. The van der Waals surface area contributed by atoms with Gasteiger partial charge in [-0.1, -0.05) is 140 Å². The fourth-order valence-corrected chi connectivity index (χ4v) is 8.95. The molecule has 0 N–H and O–H groups in total. The van der Waals surface area contributed by atoms with Crippen LogP contribution in [0, 0.1) is 0 Å². The van der Waals surface area contributed by atoms with Crippen LogP contribution in [0.2, 0.25) is 0 Å². The van der Waals surface area contributed by atoms with Gasteiger partial charge in [-0.15, -0.1) is 11.3 Å². The third kappa shape index (κ3) is 4.58. The van der Waals surface area contributed by atoms with Gasteiger partial charge in [0.1, 0.15) is 16.8 Å². The number of nitrogens with zero attached hydrogens (tertiary/aromatic N) is 2. The molecule has 242 valence electrons. The molecule has 0 radical (unpaired) electrons. The summed E-state index contributed by atoms with van der Waals surface area (Å²) in [5, 5.41) is 8.14. The Bertz CT molecular complexity index is 3210. The Morgan fingerprint density at radius 3 is 1.96 bits per heavy atom. The monoisotopic (exact) mass is 680 g/mol. The van der Waals surface area contributed by atoms with Crippen LogP contribution in [0.4, 0.5) is 0 Å². The van der Waals surface area contributed by atoms with E-state index in [0.29, 0.717) is 11.4 Å². The summed E-state index contributed by atoms with van der Waals surface area (Å²) in [5.41, 5.74) is 9.78. The lowest BCUT2D eigenvalue weighted by atomic mass is 9.96. The molecule has 0 saturated carbocycles. The van der Waals surface area contributed by atoms with Crippen molar-refractivity contribution in [2.24, 2.45) is 0 Å². The van der Waals surface area contributed by atoms with Gasteiger partial charge in [-0.05, 0) is 68.7 Å². The first-order valence-corrected chi connectivity index (χ1v) is 18.3. The summed E-state index contributed by atoms with van der Waals surface area (Å²) in [6, 6.07) is 60.3. The van der Waals surface area contributed by atoms with Gasteiger partial charge in [0.15, 0.2) is 11.4 Å². The van der Waals surface area contributed by atoms with Crippen LogP contribution in [0.25, 0.3) is 109 Å². The molecule has 0 aliphatic carbocycles. The van der Waals surface area contributed by atoms with Gasteiger partial charge in [-0.25, -0.2) is 9.97 Å². The van der Waals surface area contributed by atoms with Crippen molar-refractivity contribution in [3.05, 3.63) is 170 Å². The first kappa shape index (κ1) is 29.1. The van der Waals surface area contributed by atoms with E-state index in [1.807, 2.05) is 11.3 Å². The molecular weight excluding hydrogens is 653 g/mol. The first-order chi connectivity index (χ1) is 25.7. The fourth-order valence-electron chi connectivity index (χ4n) is 7.71. The number of thiophene rings is 1. The molecular formula is C48H28N2OS. The van der Waals surface area contributed by atoms with E-state index in [9.17, 15) is 0 Å². The molecule has 0 fully saturated rings. The minimum Gasteiger partial charge on any atom is -0.451 e. The SMILES string of the molecule is c1cc(-c2cccc(-c3cccc4c3sc3ccccc34)c2)cc(-c2nc(-c3ccc4ccccc4c3)nc3c2oc2c4ccccc4ccc32)c1. The van der Waals surface area contributed by atoms with Crippen molar-refractivity contribution in [2.45, 2.75) is 0 Å². The molecule has 0 amide bonds. The maximum Gasteiger partial charge on any atom is 0.180 e. The molecule has 0 saturated heterocycles. The molecule has 0 unspecified atom stereocenters. The summed E-state index contributed by atoms with van der Waals surface area (Å²) in [6.45, 7) is 0. The zero-order valence-electron chi connectivity index (χ0n) is 27.9. The smallest absolute Gasteiger partial charge is 0.180 e. The summed E-state index contributed by atoms with van der Waals surface area (Å²) in [7, 11) is 0. The van der Waals surface area contributed by atoms with Gasteiger partial charge >= 0.3 is 0 Å². The van der Waals surface area contributed by atoms with Gasteiger partial charge in [-0.3, -0.25) is 0 Å². The number of rotatable bonds is 4. The van der Waals surface area contributed by atoms with Crippen LogP contribution in [-0.4, -0.2) is 9.97 Å². The third-order valence-electron chi connectivity index (χ3n) is 10.3. The fraction of sp³-hybridized carbons (Fsp3) is 0. The topological polar surface area (TPSA) is 38.9 Å². The van der Waals surface area contributed by atoms with E-state index in [1.165, 1.54) is 36.7 Å². The quantitative estimate of drug-likeness (QED) is 0.186. The molecule has 3 heterocycles. The van der Waals surface area contributed by atoms with Crippen LogP contribution in [0.1, 0.15) is 0 Å². The zero-order chi connectivity index (χ0) is 34.2. The Morgan fingerprint density at radius 1 is 0.404 bits per heavy atom. The van der Waals surface area contributed by atoms with Crippen LogP contribution in [0.15, 0.2) is 174 Å². The van der Waals surface area contributed by atoms with Crippen molar-refractivity contribution in [3.8, 4) is 44.9 Å². The molecule has 0 bridgehead atoms. The highest BCUT2D eigenvalue weighted by molar-refractivity contribution is 7.26. The van der Waals surface area contributed by atoms with Gasteiger partial charge in [-0.2, -0.15) is 0 Å². The lowest BCUT2D eigenvalue weighted by molar-refractivity contribution is 0.671. The predicted octanol–water partition coefficient (Wildman–Crippen LogP) is 13.7. The molecule has 52 heavy (non-hydrogen) atoms. The number of furan rings is 1. The molecule has 0 spiro atoms. The summed E-state index contributed by atoms with van der Waals surface area (Å²) in [4.78, 5) is 10.5. The van der Waals surface area contributed by atoms with Crippen LogP contribution in [0.3, 0.4) is 0 Å². The summed E-state index contributed by atoms with van der Waals surface area (Å²) >= 11 is 1.86. The van der Waals surface area contributed by atoms with Gasteiger partial charge in [0.2, 0.25) is 0 Å². The number of benzene rings is 8. The summed E-state index contributed by atoms with van der Waals surface area (Å²) < 4.78 is 9.40. The zero-order valence-corrected chi connectivity index (χ0v) is 28.7. The highest BCUT2D eigenvalue weighted by Gasteiger charge is 2.20. The largest absolute Gasteiger partial charge is 0.451 e. The number of fused-ring (bicyclic) bond motifs is 9. The van der Waals surface area contributed by atoms with E-state index >= 15 is 0 Å². The second kappa shape index (κ2) is 11.5. The Kier molecular flexibility index (Phi) is 6.42. The van der Waals surface area contributed by atoms with Crippen molar-refractivity contribution < 1.29 is 4.42 Å². The molecule has 8 aromatic carbocycles. The lowest BCUT2D eigenvalue weighted by Gasteiger charge is -2.10. The molecule has 3 nitrogen and oxygen atoms in total. The van der Waals surface area contributed by atoms with E-state index in [0.717, 1.165) is 60.6 Å². The predicted molar refractivity (Wildman–Crippen MR) is 219 cm³/mol. The molecule has 0 atom stereocenters. The van der Waals surface area contributed by atoms with Crippen molar-refractivity contribution in [1.29, 1.82) is 0 Å². The van der Waals surface area contributed by atoms with E-state index in [2.05, 4.69) is 170 Å². The first-order valence-electron chi connectivity index (χ1n) is 17.5. The summed E-state index contributed by atoms with van der Waals surface area (Å²) in [5.74, 6) is 0.674. The number of hydrogen-bond acceptors (Lipinski definition) is 4. The van der Waals surface area contributed by atoms with Crippen molar-refractivity contribution in [3.63, 3.8) is 0 Å². The number of aromatic nitrogens is 2. The molecule has 4 heteroatoms. The van der Waals surface area contributed by atoms with Crippen molar-refractivity contribution in [2.75, 3.05) is 0 Å². The van der Waals surface area contributed by atoms with Gasteiger partial charge < -0.3 is 4.42 Å². The Balaban J connectivity index is 1.10. The van der Waals surface area contributed by atoms with Crippen LogP contribution in [0.5, 0.6) is 0 Å². The van der Waals surface area contributed by atoms with Crippen LogP contribution >= 0.6 is 11.3 Å². The minimum absolute atomic E-state index is 0.674. The van der Waals surface area contributed by atoms with E-state index in [1.54, 1.807) is 0 Å². The van der Waals surface area contributed by atoms with Gasteiger partial charge in [0.05, 0.1) is 0 Å². The second-order valence-electron chi connectivity index (χ2n) is 13.3. The molecule has 11 rings (SSSR count). The van der Waals surface area contributed by atoms with E-state index in [4.69, 9.17) is 14.4 Å². The second-order valence-corrected chi connectivity index (χ2v) is 14.4. The maximum atomic E-state index is 6.78. The standard InChI is InChI=1S/C48H28N2OS/c1-2-12-31-28-36(23-22-29(31)10-1)48-49-43(46-44(50-48)41-25-24-30-11-3-4-17-37(30)45(41)51-46)35-16-8-14-33(27-35)32-13-7-15-34(26-32)38-19-9-20-40-39-18-5-6-21-42(39)52-47(38)40/h1-28H. The van der Waals surface area contributed by atoms with Gasteiger partial charge in [0.25, 0.3) is 0 Å². The lowest BCUT2D eigenvalue weighted by Crippen LogP contribution is -1.94. The average molecular weight is 681 g/mol. The van der Waals surface area contributed by atoms with Crippen molar-refractivity contribution in [1.82, 2.24) is 9.97 Å². The van der Waals surface area contributed by atoms with Crippen LogP contribution in [-0.2, 0) is 0 Å². The van der Waals surface area contributed by atoms with E-state index < -0.39 is 0 Å². The Hall–Kier alpha value is -6.62. The van der Waals surface area contributed by atoms with Crippen LogP contribution < -0.4 is 0 Å². The average Bonchev–Trinajstić information content (AvgIpc) is 3.79. The highest BCUT2D eigenvalue weighted by atomic mass is 32.1.